The van der Waals surface area contributed by atoms with Gasteiger partial charge in [0.2, 0.25) is 0 Å². The van der Waals surface area contributed by atoms with Gasteiger partial charge in [0, 0.05) is 5.41 Å². The van der Waals surface area contributed by atoms with Crippen molar-refractivity contribution in [2.45, 2.75) is 70.1 Å². The second-order valence-electron chi connectivity index (χ2n) is 8.86. The normalized spacial score (nSPS) is 14.0. The zero-order valence-corrected chi connectivity index (χ0v) is 18.8. The number of rotatable bonds is 13. The summed E-state index contributed by atoms with van der Waals surface area (Å²) in [5.41, 5.74) is 2.88. The molecule has 2 heteroatoms. The van der Waals surface area contributed by atoms with E-state index in [9.17, 15) is 5.11 Å². The minimum Gasteiger partial charge on any atom is -0.395 e. The SMILES string of the molecule is CC(C)(CCCCSCCCCC(C)(CO)c1ccccc1)c1ccccc1. The minimum atomic E-state index is -0.102. The summed E-state index contributed by atoms with van der Waals surface area (Å²) in [6, 6.07) is 21.4. The maximum Gasteiger partial charge on any atom is 0.0525 e. The molecule has 0 aliphatic carbocycles. The van der Waals surface area contributed by atoms with Crippen molar-refractivity contribution in [3.8, 4) is 0 Å². The molecule has 0 heterocycles. The molecule has 28 heavy (non-hydrogen) atoms. The summed E-state index contributed by atoms with van der Waals surface area (Å²) in [5, 5.41) is 9.88. The van der Waals surface area contributed by atoms with Gasteiger partial charge in [-0.15, -0.1) is 0 Å². The molecule has 0 saturated carbocycles. The third kappa shape index (κ3) is 7.29. The smallest absolute Gasteiger partial charge is 0.0525 e. The van der Waals surface area contributed by atoms with Crippen molar-refractivity contribution in [3.05, 3.63) is 71.8 Å². The van der Waals surface area contributed by atoms with Gasteiger partial charge in [-0.1, -0.05) is 94.3 Å². The highest BCUT2D eigenvalue weighted by Crippen LogP contribution is 2.30. The number of thioether (sulfide) groups is 1. The van der Waals surface area contributed by atoms with Crippen LogP contribution in [0.2, 0.25) is 0 Å². The molecule has 2 aromatic carbocycles. The topological polar surface area (TPSA) is 20.2 Å². The van der Waals surface area contributed by atoms with Gasteiger partial charge < -0.3 is 5.11 Å². The van der Waals surface area contributed by atoms with E-state index in [2.05, 4.69) is 87.1 Å². The fraction of sp³-hybridized carbons (Fsp3) is 0.538. The first-order chi connectivity index (χ1) is 13.5. The molecule has 1 atom stereocenters. The minimum absolute atomic E-state index is 0.102. The van der Waals surface area contributed by atoms with Gasteiger partial charge in [-0.3, -0.25) is 0 Å². The number of hydrogen-bond donors (Lipinski definition) is 1. The van der Waals surface area contributed by atoms with Crippen molar-refractivity contribution in [1.29, 1.82) is 0 Å². The Hall–Kier alpha value is -1.25. The van der Waals surface area contributed by atoms with Crippen LogP contribution in [0.3, 0.4) is 0 Å². The molecule has 0 aliphatic rings. The Bertz CT molecular complexity index is 653. The highest BCUT2D eigenvalue weighted by atomic mass is 32.2. The van der Waals surface area contributed by atoms with Gasteiger partial charge in [0.05, 0.1) is 6.61 Å². The second kappa shape index (κ2) is 11.7. The van der Waals surface area contributed by atoms with E-state index in [1.807, 2.05) is 6.07 Å². The van der Waals surface area contributed by atoms with Crippen LogP contribution in [-0.4, -0.2) is 23.2 Å². The quantitative estimate of drug-likeness (QED) is 0.367. The Morgan fingerprint density at radius 3 is 1.71 bits per heavy atom. The largest absolute Gasteiger partial charge is 0.395 e. The Balaban J connectivity index is 1.56. The summed E-state index contributed by atoms with van der Waals surface area (Å²) in [6.07, 6.45) is 7.33. The van der Waals surface area contributed by atoms with Gasteiger partial charge in [-0.05, 0) is 53.7 Å². The molecule has 154 valence electrons. The summed E-state index contributed by atoms with van der Waals surface area (Å²) >= 11 is 2.09. The van der Waals surface area contributed by atoms with Gasteiger partial charge in [0.15, 0.2) is 0 Å². The molecule has 0 bridgehead atoms. The lowest BCUT2D eigenvalue weighted by atomic mass is 9.79. The van der Waals surface area contributed by atoms with Crippen LogP contribution >= 0.6 is 11.8 Å². The van der Waals surface area contributed by atoms with Crippen LogP contribution in [0.4, 0.5) is 0 Å². The summed E-state index contributed by atoms with van der Waals surface area (Å²) in [6.45, 7) is 7.13. The number of aliphatic hydroxyl groups is 1. The van der Waals surface area contributed by atoms with E-state index in [-0.39, 0.29) is 17.4 Å². The zero-order valence-electron chi connectivity index (χ0n) is 18.0. The fourth-order valence-corrected chi connectivity index (χ4v) is 4.80. The van der Waals surface area contributed by atoms with Crippen LogP contribution in [0.15, 0.2) is 60.7 Å². The molecule has 0 amide bonds. The van der Waals surface area contributed by atoms with Crippen LogP contribution < -0.4 is 0 Å². The van der Waals surface area contributed by atoms with Crippen molar-refractivity contribution in [2.75, 3.05) is 18.1 Å². The maximum atomic E-state index is 9.88. The van der Waals surface area contributed by atoms with Crippen molar-refractivity contribution in [2.24, 2.45) is 0 Å². The average molecular weight is 399 g/mol. The Morgan fingerprint density at radius 2 is 1.18 bits per heavy atom. The molecule has 0 aromatic heterocycles. The van der Waals surface area contributed by atoms with Crippen LogP contribution in [0.1, 0.15) is 70.4 Å². The average Bonchev–Trinajstić information content (AvgIpc) is 2.73. The molecule has 1 nitrogen and oxygen atoms in total. The van der Waals surface area contributed by atoms with Crippen molar-refractivity contribution >= 4 is 11.8 Å². The van der Waals surface area contributed by atoms with Crippen LogP contribution in [-0.2, 0) is 10.8 Å². The molecule has 0 aliphatic heterocycles. The number of aliphatic hydroxyl groups excluding tert-OH is 1. The number of unbranched alkanes of at least 4 members (excludes halogenated alkanes) is 2. The first-order valence-electron chi connectivity index (χ1n) is 10.8. The van der Waals surface area contributed by atoms with Gasteiger partial charge in [-0.2, -0.15) is 11.8 Å². The van der Waals surface area contributed by atoms with E-state index >= 15 is 0 Å². The first kappa shape index (κ1) is 23.0. The summed E-state index contributed by atoms with van der Waals surface area (Å²) in [5.74, 6) is 2.50. The molecule has 0 spiro atoms. The van der Waals surface area contributed by atoms with E-state index in [1.54, 1.807) is 0 Å². The first-order valence-corrected chi connectivity index (χ1v) is 11.9. The van der Waals surface area contributed by atoms with Gasteiger partial charge in [0.1, 0.15) is 0 Å². The standard InChI is InChI=1S/C26H38OS/c1-25(2,23-14-6-4-7-15-23)18-10-12-20-28-21-13-11-19-26(3,22-27)24-16-8-5-9-17-24/h4-9,14-17,27H,10-13,18-22H2,1-3H3. The van der Waals surface area contributed by atoms with E-state index in [1.165, 1.54) is 54.7 Å². The molecular formula is C26H38OS. The maximum absolute atomic E-state index is 9.88. The van der Waals surface area contributed by atoms with Gasteiger partial charge in [-0.25, -0.2) is 0 Å². The predicted octanol–water partition coefficient (Wildman–Crippen LogP) is 6.99. The monoisotopic (exact) mass is 398 g/mol. The van der Waals surface area contributed by atoms with Gasteiger partial charge in [0.25, 0.3) is 0 Å². The van der Waals surface area contributed by atoms with Crippen molar-refractivity contribution in [1.82, 2.24) is 0 Å². The van der Waals surface area contributed by atoms with Crippen molar-refractivity contribution in [3.63, 3.8) is 0 Å². The lowest BCUT2D eigenvalue weighted by Gasteiger charge is -2.28. The molecule has 1 unspecified atom stereocenters. The lowest BCUT2D eigenvalue weighted by Crippen LogP contribution is -2.26. The van der Waals surface area contributed by atoms with Crippen LogP contribution in [0.5, 0.6) is 0 Å². The van der Waals surface area contributed by atoms with E-state index in [0.29, 0.717) is 0 Å². The van der Waals surface area contributed by atoms with Crippen LogP contribution in [0, 0.1) is 0 Å². The molecule has 2 aromatic rings. The number of benzene rings is 2. The van der Waals surface area contributed by atoms with E-state index < -0.39 is 0 Å². The van der Waals surface area contributed by atoms with E-state index in [4.69, 9.17) is 0 Å². The Kier molecular flexibility index (Phi) is 9.61. The third-order valence-corrected chi connectivity index (χ3v) is 7.14. The molecular weight excluding hydrogens is 360 g/mol. The molecule has 0 saturated heterocycles. The fourth-order valence-electron chi connectivity index (χ4n) is 3.78. The molecule has 1 N–H and O–H groups in total. The molecule has 2 rings (SSSR count). The number of hydrogen-bond acceptors (Lipinski definition) is 2. The highest BCUT2D eigenvalue weighted by Gasteiger charge is 2.24. The molecule has 0 fully saturated rings. The third-order valence-electron chi connectivity index (χ3n) is 5.98. The summed E-state index contributed by atoms with van der Waals surface area (Å²) in [4.78, 5) is 0. The van der Waals surface area contributed by atoms with E-state index in [0.717, 1.165) is 6.42 Å². The summed E-state index contributed by atoms with van der Waals surface area (Å²) in [7, 11) is 0. The second-order valence-corrected chi connectivity index (χ2v) is 10.1. The Morgan fingerprint density at radius 1 is 0.679 bits per heavy atom. The van der Waals surface area contributed by atoms with Gasteiger partial charge >= 0.3 is 0 Å². The summed E-state index contributed by atoms with van der Waals surface area (Å²) < 4.78 is 0. The zero-order chi connectivity index (χ0) is 20.3. The van der Waals surface area contributed by atoms with Crippen molar-refractivity contribution < 1.29 is 5.11 Å². The highest BCUT2D eigenvalue weighted by molar-refractivity contribution is 7.99. The predicted molar refractivity (Wildman–Crippen MR) is 125 cm³/mol. The molecule has 0 radical (unpaired) electrons. The van der Waals surface area contributed by atoms with Crippen LogP contribution in [0.25, 0.3) is 0 Å². The Labute approximate surface area is 177 Å². The lowest BCUT2D eigenvalue weighted by molar-refractivity contribution is 0.194.